The molecule has 19 heavy (non-hydrogen) atoms. The van der Waals surface area contributed by atoms with Crippen LogP contribution in [0.4, 0.5) is 5.69 Å². The van der Waals surface area contributed by atoms with E-state index in [0.29, 0.717) is 12.1 Å². The van der Waals surface area contributed by atoms with E-state index in [9.17, 15) is 4.79 Å². The van der Waals surface area contributed by atoms with Gasteiger partial charge in [0.1, 0.15) is 0 Å². The van der Waals surface area contributed by atoms with Crippen molar-refractivity contribution in [2.45, 2.75) is 13.5 Å². The summed E-state index contributed by atoms with van der Waals surface area (Å²) in [4.78, 5) is 19.7. The van der Waals surface area contributed by atoms with Gasteiger partial charge in [-0.3, -0.25) is 9.97 Å². The van der Waals surface area contributed by atoms with Gasteiger partial charge < -0.3 is 10.1 Å². The fourth-order valence-corrected chi connectivity index (χ4v) is 1.66. The van der Waals surface area contributed by atoms with Crippen LogP contribution in [0.3, 0.4) is 0 Å². The third-order valence-corrected chi connectivity index (χ3v) is 2.74. The molecule has 1 aromatic carbocycles. The Labute approximate surface area is 111 Å². The minimum atomic E-state index is -0.345. The second-order valence-electron chi connectivity index (χ2n) is 4.07. The Morgan fingerprint density at radius 3 is 2.89 bits per heavy atom. The highest BCUT2D eigenvalue weighted by atomic mass is 16.5. The molecule has 1 aromatic heterocycles. The van der Waals surface area contributed by atoms with Crippen molar-refractivity contribution >= 4 is 11.7 Å². The molecule has 2 aromatic rings. The summed E-state index contributed by atoms with van der Waals surface area (Å²) in [5.74, 6) is -0.345. The fraction of sp³-hybridized carbons (Fsp3) is 0.214. The van der Waals surface area contributed by atoms with Crippen molar-refractivity contribution in [1.82, 2.24) is 9.97 Å². The average molecular weight is 257 g/mol. The van der Waals surface area contributed by atoms with Gasteiger partial charge in [-0.1, -0.05) is 6.07 Å². The Morgan fingerprint density at radius 1 is 1.37 bits per heavy atom. The van der Waals surface area contributed by atoms with Crippen molar-refractivity contribution in [3.05, 3.63) is 53.6 Å². The van der Waals surface area contributed by atoms with E-state index in [0.717, 1.165) is 16.9 Å². The summed E-state index contributed by atoms with van der Waals surface area (Å²) in [5.41, 5.74) is 3.30. The number of hydrogen-bond donors (Lipinski definition) is 1. The van der Waals surface area contributed by atoms with Crippen LogP contribution in [0, 0.1) is 6.92 Å². The number of ether oxygens (including phenoxy) is 1. The minimum absolute atomic E-state index is 0.345. The molecule has 1 heterocycles. The third-order valence-electron chi connectivity index (χ3n) is 2.74. The Kier molecular flexibility index (Phi) is 4.07. The lowest BCUT2D eigenvalue weighted by Gasteiger charge is -2.10. The molecule has 5 nitrogen and oxygen atoms in total. The van der Waals surface area contributed by atoms with Gasteiger partial charge in [0.2, 0.25) is 0 Å². The first-order chi connectivity index (χ1) is 9.20. The van der Waals surface area contributed by atoms with Crippen LogP contribution >= 0.6 is 0 Å². The lowest BCUT2D eigenvalue weighted by atomic mass is 10.1. The number of aromatic nitrogens is 2. The zero-order valence-electron chi connectivity index (χ0n) is 10.9. The Morgan fingerprint density at radius 2 is 2.21 bits per heavy atom. The monoisotopic (exact) mass is 257 g/mol. The van der Waals surface area contributed by atoms with Crippen LogP contribution in [0.1, 0.15) is 21.6 Å². The number of anilines is 1. The predicted molar refractivity (Wildman–Crippen MR) is 71.9 cm³/mol. The number of hydrogen-bond acceptors (Lipinski definition) is 5. The molecule has 0 saturated carbocycles. The highest BCUT2D eigenvalue weighted by Crippen LogP contribution is 2.18. The molecule has 0 fully saturated rings. The molecule has 0 amide bonds. The molecule has 0 aliphatic carbocycles. The molecular formula is C14H15N3O2. The SMILES string of the molecule is COC(=O)c1ccc(C)c(NCc2cnccn2)c1. The molecular weight excluding hydrogens is 242 g/mol. The molecule has 0 bridgehead atoms. The van der Waals surface area contributed by atoms with Crippen molar-refractivity contribution in [2.75, 3.05) is 12.4 Å². The summed E-state index contributed by atoms with van der Waals surface area (Å²) in [6.45, 7) is 2.53. The molecule has 0 saturated heterocycles. The number of nitrogens with zero attached hydrogens (tertiary/aromatic N) is 2. The van der Waals surface area contributed by atoms with E-state index in [1.807, 2.05) is 13.0 Å². The van der Waals surface area contributed by atoms with Gasteiger partial charge in [-0.15, -0.1) is 0 Å². The van der Waals surface area contributed by atoms with Crippen LogP contribution in [0.25, 0.3) is 0 Å². The summed E-state index contributed by atoms with van der Waals surface area (Å²) in [6, 6.07) is 5.40. The lowest BCUT2D eigenvalue weighted by molar-refractivity contribution is 0.0601. The van der Waals surface area contributed by atoms with Gasteiger partial charge in [0.05, 0.1) is 31.1 Å². The number of nitrogens with one attached hydrogen (secondary N) is 1. The third kappa shape index (κ3) is 3.28. The molecule has 1 N–H and O–H groups in total. The first-order valence-electron chi connectivity index (χ1n) is 5.88. The van der Waals surface area contributed by atoms with Crippen LogP contribution in [0.2, 0.25) is 0 Å². The molecule has 98 valence electrons. The summed E-state index contributed by atoms with van der Waals surface area (Å²) in [5, 5.41) is 3.24. The van der Waals surface area contributed by atoms with Crippen LogP contribution in [0.15, 0.2) is 36.8 Å². The first kappa shape index (κ1) is 13.0. The molecule has 5 heteroatoms. The number of carbonyl (C=O) groups excluding carboxylic acids is 1. The van der Waals surface area contributed by atoms with E-state index in [1.165, 1.54) is 7.11 Å². The summed E-state index contributed by atoms with van der Waals surface area (Å²) >= 11 is 0. The van der Waals surface area contributed by atoms with Crippen molar-refractivity contribution in [3.8, 4) is 0 Å². The molecule has 0 atom stereocenters. The van der Waals surface area contributed by atoms with Gasteiger partial charge in [0.15, 0.2) is 0 Å². The van der Waals surface area contributed by atoms with Crippen LogP contribution < -0.4 is 5.32 Å². The number of esters is 1. The maximum absolute atomic E-state index is 11.5. The lowest BCUT2D eigenvalue weighted by Crippen LogP contribution is -2.06. The summed E-state index contributed by atoms with van der Waals surface area (Å²) in [6.07, 6.45) is 4.98. The van der Waals surface area contributed by atoms with Crippen molar-refractivity contribution in [2.24, 2.45) is 0 Å². The number of methoxy groups -OCH3 is 1. The van der Waals surface area contributed by atoms with Crippen LogP contribution in [-0.4, -0.2) is 23.0 Å². The van der Waals surface area contributed by atoms with Crippen LogP contribution in [0.5, 0.6) is 0 Å². The highest BCUT2D eigenvalue weighted by Gasteiger charge is 2.07. The predicted octanol–water partition coefficient (Wildman–Crippen LogP) is 2.18. The normalized spacial score (nSPS) is 10.0. The smallest absolute Gasteiger partial charge is 0.337 e. The second-order valence-corrected chi connectivity index (χ2v) is 4.07. The molecule has 0 spiro atoms. The van der Waals surface area contributed by atoms with Gasteiger partial charge >= 0.3 is 5.97 Å². The van der Waals surface area contributed by atoms with E-state index >= 15 is 0 Å². The Hall–Kier alpha value is -2.43. The zero-order chi connectivity index (χ0) is 13.7. The van der Waals surface area contributed by atoms with E-state index in [2.05, 4.69) is 15.3 Å². The Bertz CT molecular complexity index is 570. The fourth-order valence-electron chi connectivity index (χ4n) is 1.66. The minimum Gasteiger partial charge on any atom is -0.465 e. The zero-order valence-corrected chi connectivity index (χ0v) is 10.9. The Balaban J connectivity index is 2.13. The maximum atomic E-state index is 11.5. The summed E-state index contributed by atoms with van der Waals surface area (Å²) in [7, 11) is 1.37. The van der Waals surface area contributed by atoms with Gasteiger partial charge in [-0.05, 0) is 24.6 Å². The first-order valence-corrected chi connectivity index (χ1v) is 5.88. The van der Waals surface area contributed by atoms with Gasteiger partial charge in [-0.25, -0.2) is 4.79 Å². The largest absolute Gasteiger partial charge is 0.465 e. The van der Waals surface area contributed by atoms with Crippen molar-refractivity contribution in [3.63, 3.8) is 0 Å². The molecule has 0 unspecified atom stereocenters. The summed E-state index contributed by atoms with van der Waals surface area (Å²) < 4.78 is 4.70. The highest BCUT2D eigenvalue weighted by molar-refractivity contribution is 5.90. The maximum Gasteiger partial charge on any atom is 0.337 e. The molecule has 0 aliphatic rings. The van der Waals surface area contributed by atoms with Crippen molar-refractivity contribution < 1.29 is 9.53 Å². The number of carbonyl (C=O) groups is 1. The molecule has 0 aliphatic heterocycles. The van der Waals surface area contributed by atoms with Gasteiger partial charge in [-0.2, -0.15) is 0 Å². The number of rotatable bonds is 4. The van der Waals surface area contributed by atoms with E-state index < -0.39 is 0 Å². The van der Waals surface area contributed by atoms with Crippen LogP contribution in [-0.2, 0) is 11.3 Å². The molecule has 0 radical (unpaired) electrons. The van der Waals surface area contributed by atoms with Crippen molar-refractivity contribution in [1.29, 1.82) is 0 Å². The molecule has 2 rings (SSSR count). The number of benzene rings is 1. The van der Waals surface area contributed by atoms with Gasteiger partial charge in [0, 0.05) is 18.1 Å². The van der Waals surface area contributed by atoms with E-state index in [4.69, 9.17) is 4.74 Å². The topological polar surface area (TPSA) is 64.1 Å². The standard InChI is InChI=1S/C14H15N3O2/c1-10-3-4-11(14(18)19-2)7-13(10)17-9-12-8-15-5-6-16-12/h3-8,17H,9H2,1-2H3. The quantitative estimate of drug-likeness (QED) is 0.850. The second kappa shape index (κ2) is 5.95. The number of aryl methyl sites for hydroxylation is 1. The van der Waals surface area contributed by atoms with E-state index in [1.54, 1.807) is 30.7 Å². The average Bonchev–Trinajstić information content (AvgIpc) is 2.46. The van der Waals surface area contributed by atoms with E-state index in [-0.39, 0.29) is 5.97 Å². The van der Waals surface area contributed by atoms with Gasteiger partial charge in [0.25, 0.3) is 0 Å².